The van der Waals surface area contributed by atoms with E-state index < -0.39 is 27.1 Å². The minimum atomic E-state index is -0.799. The molecule has 0 aromatic heterocycles. The van der Waals surface area contributed by atoms with Crippen molar-refractivity contribution in [2.45, 2.75) is 19.3 Å². The largest absolute Gasteiger partial charge is 0.365 e. The number of carbonyl (C=O) groups excluding carboxylic acids is 1. The van der Waals surface area contributed by atoms with Crippen LogP contribution in [0.3, 0.4) is 0 Å². The first-order chi connectivity index (χ1) is 10.5. The average Bonchev–Trinajstić information content (AvgIpc) is 2.53. The zero-order valence-corrected chi connectivity index (χ0v) is 11.7. The summed E-state index contributed by atoms with van der Waals surface area (Å²) in [5, 5.41) is 22.2. The van der Waals surface area contributed by atoms with E-state index in [9.17, 15) is 25.0 Å². The molecule has 0 aliphatic carbocycles. The summed E-state index contributed by atoms with van der Waals surface area (Å²) in [5.41, 5.74) is 0.817. The lowest BCUT2D eigenvalue weighted by Crippen LogP contribution is -2.35. The second kappa shape index (κ2) is 6.35. The van der Waals surface area contributed by atoms with Crippen LogP contribution in [-0.2, 0) is 0 Å². The summed E-state index contributed by atoms with van der Waals surface area (Å²) in [4.78, 5) is 34.4. The van der Waals surface area contributed by atoms with Crippen molar-refractivity contribution < 1.29 is 14.6 Å². The van der Waals surface area contributed by atoms with Crippen molar-refractivity contribution in [1.29, 1.82) is 0 Å². The number of nitrogens with one attached hydrogen (secondary N) is 1. The van der Waals surface area contributed by atoms with Crippen LogP contribution in [0.4, 0.5) is 17.1 Å². The summed E-state index contributed by atoms with van der Waals surface area (Å²) in [7, 11) is 0. The number of nitrogens with zero attached hydrogens (tertiary/aromatic N) is 3. The molecule has 10 nitrogen and oxygen atoms in total. The lowest BCUT2D eigenvalue weighted by Gasteiger charge is -2.29. The number of benzene rings is 1. The van der Waals surface area contributed by atoms with Gasteiger partial charge in [-0.15, -0.1) is 0 Å². The van der Waals surface area contributed by atoms with E-state index in [2.05, 4.69) is 0 Å². The third kappa shape index (κ3) is 2.96. The summed E-state index contributed by atoms with van der Waals surface area (Å²) in [6, 6.07) is 1.89. The predicted molar refractivity (Wildman–Crippen MR) is 77.5 cm³/mol. The Morgan fingerprint density at radius 2 is 1.77 bits per heavy atom. The Kier molecular flexibility index (Phi) is 4.51. The molecular formula is C12H15N5O5. The Morgan fingerprint density at radius 1 is 1.14 bits per heavy atom. The highest BCUT2D eigenvalue weighted by Gasteiger charge is 2.31. The molecule has 1 aromatic rings. The highest BCUT2D eigenvalue weighted by atomic mass is 16.6. The molecule has 0 bridgehead atoms. The van der Waals surface area contributed by atoms with E-state index in [-0.39, 0.29) is 11.3 Å². The number of nitro benzene ring substituents is 2. The molecule has 10 heteroatoms. The fraction of sp³-hybridized carbons (Fsp3) is 0.417. The van der Waals surface area contributed by atoms with Crippen molar-refractivity contribution in [2.75, 3.05) is 18.0 Å². The number of piperidine rings is 1. The number of hydrazine groups is 1. The van der Waals surface area contributed by atoms with Gasteiger partial charge in [-0.1, -0.05) is 0 Å². The van der Waals surface area contributed by atoms with Crippen LogP contribution in [0.2, 0.25) is 0 Å². The van der Waals surface area contributed by atoms with Gasteiger partial charge in [-0.3, -0.25) is 30.4 Å². The Bertz CT molecular complexity index is 627. The van der Waals surface area contributed by atoms with Gasteiger partial charge < -0.3 is 4.90 Å². The van der Waals surface area contributed by atoms with Crippen molar-refractivity contribution in [3.05, 3.63) is 37.9 Å². The molecule has 0 saturated carbocycles. The molecule has 0 atom stereocenters. The molecule has 2 rings (SSSR count). The van der Waals surface area contributed by atoms with Crippen LogP contribution in [0.1, 0.15) is 29.6 Å². The van der Waals surface area contributed by atoms with E-state index in [1.807, 2.05) is 5.43 Å². The van der Waals surface area contributed by atoms with Gasteiger partial charge in [-0.2, -0.15) is 0 Å². The molecule has 0 radical (unpaired) electrons. The maximum Gasteiger partial charge on any atom is 0.300 e. The number of non-ortho nitro benzene ring substituents is 1. The number of carbonyl (C=O) groups is 1. The Hall–Kier alpha value is -2.75. The summed E-state index contributed by atoms with van der Waals surface area (Å²) >= 11 is 0. The van der Waals surface area contributed by atoms with Crippen LogP contribution in [0.5, 0.6) is 0 Å². The maximum absolute atomic E-state index is 11.9. The molecule has 1 saturated heterocycles. The summed E-state index contributed by atoms with van der Waals surface area (Å²) in [6.45, 7) is 1.09. The van der Waals surface area contributed by atoms with Crippen molar-refractivity contribution in [1.82, 2.24) is 5.43 Å². The highest BCUT2D eigenvalue weighted by molar-refractivity contribution is 6.02. The fourth-order valence-corrected chi connectivity index (χ4v) is 2.55. The summed E-state index contributed by atoms with van der Waals surface area (Å²) < 4.78 is 0. The Morgan fingerprint density at radius 3 is 2.27 bits per heavy atom. The van der Waals surface area contributed by atoms with Gasteiger partial charge in [-0.25, -0.2) is 5.84 Å². The first-order valence-corrected chi connectivity index (χ1v) is 6.68. The molecule has 1 heterocycles. The first kappa shape index (κ1) is 15.6. The molecule has 1 amide bonds. The molecule has 1 aliphatic rings. The van der Waals surface area contributed by atoms with Crippen LogP contribution in [-0.4, -0.2) is 28.8 Å². The molecule has 0 unspecified atom stereocenters. The smallest absolute Gasteiger partial charge is 0.300 e. The molecule has 118 valence electrons. The van der Waals surface area contributed by atoms with Crippen LogP contribution < -0.4 is 16.2 Å². The zero-order chi connectivity index (χ0) is 16.3. The number of nitro groups is 2. The number of hydrogen-bond acceptors (Lipinski definition) is 7. The number of rotatable bonds is 4. The lowest BCUT2D eigenvalue weighted by molar-refractivity contribution is -0.393. The van der Waals surface area contributed by atoms with Gasteiger partial charge in [-0.05, 0) is 19.3 Å². The van der Waals surface area contributed by atoms with Crippen LogP contribution in [0.25, 0.3) is 0 Å². The van der Waals surface area contributed by atoms with Gasteiger partial charge in [0.15, 0.2) is 0 Å². The molecule has 3 N–H and O–H groups in total. The number of amides is 1. The molecular weight excluding hydrogens is 294 g/mol. The average molecular weight is 309 g/mol. The number of hydrogen-bond donors (Lipinski definition) is 2. The molecule has 1 fully saturated rings. The van der Waals surface area contributed by atoms with Gasteiger partial charge in [0.25, 0.3) is 17.3 Å². The first-order valence-electron chi connectivity index (χ1n) is 6.68. The fourth-order valence-electron chi connectivity index (χ4n) is 2.55. The molecule has 0 spiro atoms. The summed E-state index contributed by atoms with van der Waals surface area (Å²) in [5.74, 6) is 4.30. The van der Waals surface area contributed by atoms with Gasteiger partial charge in [0.1, 0.15) is 5.69 Å². The van der Waals surface area contributed by atoms with E-state index >= 15 is 0 Å². The van der Waals surface area contributed by atoms with Gasteiger partial charge >= 0.3 is 0 Å². The van der Waals surface area contributed by atoms with Crippen molar-refractivity contribution in [3.63, 3.8) is 0 Å². The second-order valence-corrected chi connectivity index (χ2v) is 4.90. The van der Waals surface area contributed by atoms with E-state index in [4.69, 9.17) is 5.84 Å². The molecule has 1 aliphatic heterocycles. The van der Waals surface area contributed by atoms with E-state index in [0.717, 1.165) is 31.4 Å². The van der Waals surface area contributed by atoms with Gasteiger partial charge in [0.05, 0.1) is 21.5 Å². The third-order valence-electron chi connectivity index (χ3n) is 3.53. The highest BCUT2D eigenvalue weighted by Crippen LogP contribution is 2.37. The van der Waals surface area contributed by atoms with E-state index in [0.29, 0.717) is 13.1 Å². The minimum Gasteiger partial charge on any atom is -0.365 e. The monoisotopic (exact) mass is 309 g/mol. The SMILES string of the molecule is NNC(=O)c1cc([N+](=O)[O-])cc([N+](=O)[O-])c1N1CCCCC1. The normalized spacial score (nSPS) is 14.5. The zero-order valence-electron chi connectivity index (χ0n) is 11.7. The third-order valence-corrected chi connectivity index (χ3v) is 3.53. The van der Waals surface area contributed by atoms with Crippen molar-refractivity contribution in [2.24, 2.45) is 5.84 Å². The summed E-state index contributed by atoms with van der Waals surface area (Å²) in [6.07, 6.45) is 2.66. The maximum atomic E-state index is 11.9. The number of anilines is 1. The molecule has 22 heavy (non-hydrogen) atoms. The predicted octanol–water partition coefficient (Wildman–Crippen LogP) is 1.10. The number of nitrogen functional groups attached to an aromatic ring is 1. The van der Waals surface area contributed by atoms with Gasteiger partial charge in [0.2, 0.25) is 0 Å². The Balaban J connectivity index is 2.67. The van der Waals surface area contributed by atoms with Crippen LogP contribution >= 0.6 is 0 Å². The van der Waals surface area contributed by atoms with Crippen molar-refractivity contribution in [3.8, 4) is 0 Å². The number of nitrogens with two attached hydrogens (primary N) is 1. The Labute approximate surface area is 125 Å². The van der Waals surface area contributed by atoms with E-state index in [1.54, 1.807) is 4.90 Å². The van der Waals surface area contributed by atoms with Gasteiger partial charge in [0, 0.05) is 19.2 Å². The van der Waals surface area contributed by atoms with Crippen LogP contribution in [0, 0.1) is 20.2 Å². The second-order valence-electron chi connectivity index (χ2n) is 4.90. The topological polar surface area (TPSA) is 145 Å². The molecule has 1 aromatic carbocycles. The quantitative estimate of drug-likeness (QED) is 0.366. The van der Waals surface area contributed by atoms with Crippen LogP contribution in [0.15, 0.2) is 12.1 Å². The van der Waals surface area contributed by atoms with E-state index in [1.165, 1.54) is 0 Å². The minimum absolute atomic E-state index is 0.0817. The van der Waals surface area contributed by atoms with Crippen molar-refractivity contribution >= 4 is 23.0 Å². The lowest BCUT2D eigenvalue weighted by atomic mass is 10.0. The standard InChI is InChI=1S/C12H15N5O5/c13-14-12(18)9-6-8(16(19)20)7-10(17(21)22)11(9)15-4-2-1-3-5-15/h6-7H,1-5,13H2,(H,14,18).